The van der Waals surface area contributed by atoms with Crippen molar-refractivity contribution in [3.8, 4) is 5.75 Å². The van der Waals surface area contributed by atoms with E-state index in [2.05, 4.69) is 39.8 Å². The molecule has 0 aliphatic carbocycles. The SMILES string of the molecule is CC(C)(c1ccccc1)c1ccc([O-])cc1.CC(C)[O-].CCCCCCCCCC[O-].CCCCCCCCCC[O-].[Ti+4]. The van der Waals surface area contributed by atoms with Crippen molar-refractivity contribution in [3.05, 3.63) is 65.7 Å². The Bertz CT molecular complexity index is 742. The zero-order chi connectivity index (χ0) is 31.9. The molecule has 0 aliphatic rings. The number of hydrogen-bond donors (Lipinski definition) is 0. The molecule has 0 heterocycles. The van der Waals surface area contributed by atoms with Gasteiger partial charge >= 0.3 is 21.7 Å². The molecule has 43 heavy (non-hydrogen) atoms. The molecule has 0 bridgehead atoms. The summed E-state index contributed by atoms with van der Waals surface area (Å²) in [6, 6.07) is 17.4. The van der Waals surface area contributed by atoms with Crippen molar-refractivity contribution < 1.29 is 42.1 Å². The molecule has 2 aromatic rings. The molecule has 0 saturated heterocycles. The van der Waals surface area contributed by atoms with Crippen molar-refractivity contribution in [2.75, 3.05) is 13.2 Å². The Morgan fingerprint density at radius 1 is 0.535 bits per heavy atom. The molecular formula is C38H64O4Ti. The number of benzene rings is 2. The molecule has 0 atom stereocenters. The van der Waals surface area contributed by atoms with E-state index in [4.69, 9.17) is 0 Å². The predicted molar refractivity (Wildman–Crippen MR) is 175 cm³/mol. The smallest absolute Gasteiger partial charge is 0.872 e. The van der Waals surface area contributed by atoms with Gasteiger partial charge in [-0.2, -0.15) is 0 Å². The van der Waals surface area contributed by atoms with Crippen molar-refractivity contribution in [3.63, 3.8) is 0 Å². The molecule has 0 aliphatic heterocycles. The van der Waals surface area contributed by atoms with Crippen LogP contribution in [0.5, 0.6) is 5.75 Å². The first-order valence-electron chi connectivity index (χ1n) is 16.8. The first kappa shape index (κ1) is 46.3. The van der Waals surface area contributed by atoms with Crippen molar-refractivity contribution in [2.45, 2.75) is 156 Å². The molecule has 244 valence electrons. The summed E-state index contributed by atoms with van der Waals surface area (Å²) in [6.07, 6.45) is 19.7. The first-order chi connectivity index (χ1) is 20.2. The Labute approximate surface area is 281 Å². The zero-order valence-corrected chi connectivity index (χ0v) is 30.2. The predicted octanol–water partition coefficient (Wildman–Crippen LogP) is 7.81. The third kappa shape index (κ3) is 30.6. The normalized spacial score (nSPS) is 10.4. The molecule has 0 N–H and O–H groups in total. The van der Waals surface area contributed by atoms with E-state index < -0.39 is 6.10 Å². The van der Waals surface area contributed by atoms with Crippen molar-refractivity contribution >= 4 is 0 Å². The van der Waals surface area contributed by atoms with Gasteiger partial charge in [0.15, 0.2) is 0 Å². The fraction of sp³-hybridized carbons (Fsp3) is 0.684. The number of hydrogen-bond acceptors (Lipinski definition) is 4. The monoisotopic (exact) mass is 632 g/mol. The van der Waals surface area contributed by atoms with Gasteiger partial charge in [-0.25, -0.2) is 0 Å². The molecule has 0 radical (unpaired) electrons. The average Bonchev–Trinajstić information content (AvgIpc) is 2.97. The number of rotatable bonds is 18. The van der Waals surface area contributed by atoms with Gasteiger partial charge in [0.05, 0.1) is 0 Å². The summed E-state index contributed by atoms with van der Waals surface area (Å²) < 4.78 is 0. The summed E-state index contributed by atoms with van der Waals surface area (Å²) >= 11 is 0. The van der Waals surface area contributed by atoms with Crippen molar-refractivity contribution in [1.29, 1.82) is 0 Å². The maximum absolute atomic E-state index is 11.1. The van der Waals surface area contributed by atoms with Gasteiger partial charge < -0.3 is 20.4 Å². The van der Waals surface area contributed by atoms with E-state index in [9.17, 15) is 20.4 Å². The van der Waals surface area contributed by atoms with E-state index in [1.807, 2.05) is 30.3 Å². The largest absolute Gasteiger partial charge is 4.00 e. The Hall–Kier alpha value is -1.17. The van der Waals surface area contributed by atoms with Crippen LogP contribution < -0.4 is 20.4 Å². The molecule has 0 aromatic heterocycles. The van der Waals surface area contributed by atoms with Gasteiger partial charge in [-0.15, -0.1) is 25.1 Å². The minimum atomic E-state index is -0.417. The van der Waals surface area contributed by atoms with Crippen molar-refractivity contribution in [1.82, 2.24) is 0 Å². The van der Waals surface area contributed by atoms with Crippen LogP contribution in [0.2, 0.25) is 0 Å². The van der Waals surface area contributed by atoms with Gasteiger partial charge in [-0.05, 0) is 11.1 Å². The quantitative estimate of drug-likeness (QED) is 0.124. The summed E-state index contributed by atoms with van der Waals surface area (Å²) in [5.74, 6) is 0.0626. The van der Waals surface area contributed by atoms with E-state index in [1.165, 1.54) is 88.2 Å². The third-order valence-electron chi connectivity index (χ3n) is 7.07. The second-order valence-electron chi connectivity index (χ2n) is 11.9. The second kappa shape index (κ2) is 33.7. The van der Waals surface area contributed by atoms with Gasteiger partial charge in [0, 0.05) is 5.41 Å². The van der Waals surface area contributed by atoms with Crippen LogP contribution in [0.4, 0.5) is 0 Å². The van der Waals surface area contributed by atoms with Gasteiger partial charge in [-0.1, -0.05) is 199 Å². The fourth-order valence-electron chi connectivity index (χ4n) is 4.36. The molecule has 0 unspecified atom stereocenters. The third-order valence-corrected chi connectivity index (χ3v) is 7.07. The zero-order valence-electron chi connectivity index (χ0n) is 28.6. The van der Waals surface area contributed by atoms with E-state index in [-0.39, 0.29) is 46.1 Å². The molecule has 0 amide bonds. The molecular weight excluding hydrogens is 568 g/mol. The van der Waals surface area contributed by atoms with E-state index in [0.29, 0.717) is 0 Å². The van der Waals surface area contributed by atoms with Crippen LogP contribution in [0.15, 0.2) is 54.6 Å². The molecule has 2 aromatic carbocycles. The molecule has 0 spiro atoms. The van der Waals surface area contributed by atoms with Crippen LogP contribution in [0.25, 0.3) is 0 Å². The maximum Gasteiger partial charge on any atom is 4.00 e. The maximum atomic E-state index is 11.1. The van der Waals surface area contributed by atoms with Crippen LogP contribution in [0.3, 0.4) is 0 Å². The molecule has 2 rings (SSSR count). The molecule has 0 fully saturated rings. The molecule has 4 nitrogen and oxygen atoms in total. The first-order valence-corrected chi connectivity index (χ1v) is 16.8. The van der Waals surface area contributed by atoms with Crippen LogP contribution in [-0.4, -0.2) is 19.3 Å². The number of unbranched alkanes of at least 4 members (excludes halogenated alkanes) is 14. The van der Waals surface area contributed by atoms with Crippen LogP contribution in [-0.2, 0) is 27.1 Å². The standard InChI is InChI=1S/C15H16O.2C10H21O.C3H7O.Ti/c1-15(2,12-6-4-3-5-7-12)13-8-10-14(16)11-9-13;2*1-2-3-4-5-6-7-8-9-10-11;1-3(2)4;/h3-11,16H,1-2H3;2*2-10H2,1H3;3H,1-2H3;/q;3*-1;+4/p-1. The summed E-state index contributed by atoms with van der Waals surface area (Å²) in [5, 5.41) is 40.7. The summed E-state index contributed by atoms with van der Waals surface area (Å²) in [7, 11) is 0. The second-order valence-corrected chi connectivity index (χ2v) is 11.9. The summed E-state index contributed by atoms with van der Waals surface area (Å²) in [5.41, 5.74) is 2.36. The Kier molecular flexibility index (Phi) is 36.3. The Balaban J connectivity index is -0.000000533. The average molecular weight is 633 g/mol. The minimum absolute atomic E-state index is 0. The van der Waals surface area contributed by atoms with E-state index >= 15 is 0 Å². The van der Waals surface area contributed by atoms with Crippen LogP contribution in [0.1, 0.15) is 155 Å². The van der Waals surface area contributed by atoms with Crippen LogP contribution >= 0.6 is 0 Å². The van der Waals surface area contributed by atoms with Crippen molar-refractivity contribution in [2.24, 2.45) is 0 Å². The van der Waals surface area contributed by atoms with Gasteiger partial charge in [0.1, 0.15) is 0 Å². The van der Waals surface area contributed by atoms with E-state index in [1.54, 1.807) is 26.0 Å². The fourth-order valence-corrected chi connectivity index (χ4v) is 4.36. The Morgan fingerprint density at radius 3 is 1.16 bits per heavy atom. The molecule has 5 heteroatoms. The summed E-state index contributed by atoms with van der Waals surface area (Å²) in [4.78, 5) is 0. The minimum Gasteiger partial charge on any atom is -0.872 e. The van der Waals surface area contributed by atoms with Gasteiger partial charge in [-0.3, -0.25) is 0 Å². The summed E-state index contributed by atoms with van der Waals surface area (Å²) in [6.45, 7) is 12.3. The molecule has 0 saturated carbocycles. The van der Waals surface area contributed by atoms with Gasteiger partial charge in [0.2, 0.25) is 0 Å². The van der Waals surface area contributed by atoms with Crippen LogP contribution in [0, 0.1) is 0 Å². The topological polar surface area (TPSA) is 92.2 Å². The Morgan fingerprint density at radius 2 is 0.837 bits per heavy atom. The van der Waals surface area contributed by atoms with Gasteiger partial charge in [0.25, 0.3) is 0 Å². The van der Waals surface area contributed by atoms with E-state index in [0.717, 1.165) is 25.7 Å².